The highest BCUT2D eigenvalue weighted by molar-refractivity contribution is 5.74. The zero-order chi connectivity index (χ0) is 20.9. The second-order valence-corrected chi connectivity index (χ2v) is 7.42. The van der Waals surface area contributed by atoms with Gasteiger partial charge < -0.3 is 20.6 Å². The molecule has 1 saturated heterocycles. The van der Waals surface area contributed by atoms with Crippen molar-refractivity contribution >= 4 is 17.6 Å². The Morgan fingerprint density at radius 1 is 0.933 bits per heavy atom. The van der Waals surface area contributed by atoms with E-state index in [1.807, 2.05) is 30.3 Å². The number of carboxylic acids is 1. The van der Waals surface area contributed by atoms with Gasteiger partial charge >= 0.3 is 5.97 Å². The first kappa shape index (κ1) is 19.8. The highest BCUT2D eigenvalue weighted by atomic mass is 16.4. The number of aliphatic carboxylic acids is 1. The molecule has 0 saturated carbocycles. The normalized spacial score (nSPS) is 15.1. The van der Waals surface area contributed by atoms with Crippen LogP contribution in [-0.2, 0) is 11.2 Å². The van der Waals surface area contributed by atoms with Gasteiger partial charge in [-0.25, -0.2) is 9.97 Å². The Morgan fingerprint density at radius 3 is 2.27 bits per heavy atom. The summed E-state index contributed by atoms with van der Waals surface area (Å²) in [4.78, 5) is 24.3. The van der Waals surface area contributed by atoms with Crippen molar-refractivity contribution in [2.45, 2.75) is 12.5 Å². The van der Waals surface area contributed by atoms with E-state index in [2.05, 4.69) is 44.0 Å². The van der Waals surface area contributed by atoms with Crippen molar-refractivity contribution in [3.63, 3.8) is 0 Å². The lowest BCUT2D eigenvalue weighted by atomic mass is 9.99. The second kappa shape index (κ2) is 8.92. The van der Waals surface area contributed by atoms with Crippen molar-refractivity contribution in [1.82, 2.24) is 9.97 Å². The molecule has 1 aromatic heterocycles. The molecule has 154 valence electrons. The molecule has 0 amide bonds. The Labute approximate surface area is 175 Å². The fourth-order valence-corrected chi connectivity index (χ4v) is 3.72. The van der Waals surface area contributed by atoms with Gasteiger partial charge in [0.1, 0.15) is 6.04 Å². The molecule has 2 heterocycles. The quantitative estimate of drug-likeness (QED) is 0.653. The van der Waals surface area contributed by atoms with Crippen molar-refractivity contribution in [2.75, 3.05) is 36.0 Å². The number of piperazine rings is 1. The molecule has 3 N–H and O–H groups in total. The van der Waals surface area contributed by atoms with Gasteiger partial charge in [-0.05, 0) is 41.3 Å². The highest BCUT2D eigenvalue weighted by Gasteiger charge is 2.19. The molecule has 1 aliphatic rings. The van der Waals surface area contributed by atoms with Gasteiger partial charge in [-0.3, -0.25) is 4.79 Å². The molecular formula is C23H25N5O2. The summed E-state index contributed by atoms with van der Waals surface area (Å²) in [6, 6.07) is 17.3. The first-order chi connectivity index (χ1) is 14.6. The third-order valence-electron chi connectivity index (χ3n) is 5.36. The van der Waals surface area contributed by atoms with E-state index in [1.165, 1.54) is 5.69 Å². The predicted octanol–water partition coefficient (Wildman–Crippen LogP) is 2.42. The number of nitrogens with two attached hydrogens (primary N) is 1. The van der Waals surface area contributed by atoms with Gasteiger partial charge in [0.15, 0.2) is 0 Å². The minimum atomic E-state index is -0.984. The van der Waals surface area contributed by atoms with E-state index in [9.17, 15) is 4.79 Å². The van der Waals surface area contributed by atoms with Crippen molar-refractivity contribution in [2.24, 2.45) is 5.73 Å². The molecule has 0 bridgehead atoms. The fraction of sp³-hybridized carbons (Fsp3) is 0.261. The molecule has 0 spiro atoms. The van der Waals surface area contributed by atoms with Crippen molar-refractivity contribution in [1.29, 1.82) is 0 Å². The van der Waals surface area contributed by atoms with E-state index >= 15 is 0 Å². The molecule has 1 unspecified atom stereocenters. The lowest BCUT2D eigenvalue weighted by molar-refractivity contribution is -0.138. The van der Waals surface area contributed by atoms with E-state index in [1.54, 1.807) is 12.4 Å². The number of anilines is 2. The molecule has 30 heavy (non-hydrogen) atoms. The second-order valence-electron chi connectivity index (χ2n) is 7.42. The summed E-state index contributed by atoms with van der Waals surface area (Å²) in [6.07, 6.45) is 3.86. The molecular weight excluding hydrogens is 378 g/mol. The van der Waals surface area contributed by atoms with Crippen LogP contribution in [0.4, 0.5) is 11.6 Å². The Kier molecular flexibility index (Phi) is 5.90. The first-order valence-electron chi connectivity index (χ1n) is 10.0. The summed E-state index contributed by atoms with van der Waals surface area (Å²) in [7, 11) is 0. The molecule has 1 fully saturated rings. The van der Waals surface area contributed by atoms with Crippen molar-refractivity contribution in [3.8, 4) is 11.1 Å². The minimum absolute atomic E-state index is 0.312. The Balaban J connectivity index is 1.47. The van der Waals surface area contributed by atoms with Gasteiger partial charge in [0.05, 0.1) is 0 Å². The summed E-state index contributed by atoms with van der Waals surface area (Å²) in [6.45, 7) is 3.54. The molecule has 0 radical (unpaired) electrons. The Hall–Kier alpha value is -3.45. The van der Waals surface area contributed by atoms with Crippen molar-refractivity contribution < 1.29 is 9.90 Å². The van der Waals surface area contributed by atoms with Gasteiger partial charge in [-0.1, -0.05) is 36.4 Å². The largest absolute Gasteiger partial charge is 0.480 e. The van der Waals surface area contributed by atoms with E-state index in [0.717, 1.165) is 48.8 Å². The van der Waals surface area contributed by atoms with E-state index < -0.39 is 12.0 Å². The summed E-state index contributed by atoms with van der Waals surface area (Å²) < 4.78 is 0. The van der Waals surface area contributed by atoms with Crippen LogP contribution in [0.3, 0.4) is 0 Å². The van der Waals surface area contributed by atoms with Crippen LogP contribution in [-0.4, -0.2) is 53.3 Å². The summed E-state index contributed by atoms with van der Waals surface area (Å²) >= 11 is 0. The number of benzene rings is 2. The highest BCUT2D eigenvalue weighted by Crippen LogP contribution is 2.27. The van der Waals surface area contributed by atoms with Gasteiger partial charge in [-0.2, -0.15) is 0 Å². The van der Waals surface area contributed by atoms with Crippen LogP contribution in [0.5, 0.6) is 0 Å². The molecule has 2 aromatic carbocycles. The van der Waals surface area contributed by atoms with Crippen LogP contribution < -0.4 is 15.5 Å². The van der Waals surface area contributed by atoms with E-state index in [4.69, 9.17) is 10.8 Å². The standard InChI is InChI=1S/C23H25N5O2/c24-21(22(29)30)15-17-4-1-5-18(14-17)19-6-2-7-20(16-19)27-10-12-28(13-11-27)23-25-8-3-9-26-23/h1-9,14,16,21H,10-13,15,24H2,(H,29,30). The average molecular weight is 403 g/mol. The number of carbonyl (C=O) groups is 1. The summed E-state index contributed by atoms with van der Waals surface area (Å²) in [5.74, 6) is -0.204. The van der Waals surface area contributed by atoms with Gasteiger partial charge in [0, 0.05) is 44.3 Å². The van der Waals surface area contributed by atoms with Crippen LogP contribution in [0.1, 0.15) is 5.56 Å². The topological polar surface area (TPSA) is 95.6 Å². The number of rotatable bonds is 6. The number of aromatic nitrogens is 2. The van der Waals surface area contributed by atoms with Gasteiger partial charge in [-0.15, -0.1) is 0 Å². The van der Waals surface area contributed by atoms with Crippen LogP contribution >= 0.6 is 0 Å². The first-order valence-corrected chi connectivity index (χ1v) is 10.0. The Morgan fingerprint density at radius 2 is 1.57 bits per heavy atom. The third-order valence-corrected chi connectivity index (χ3v) is 5.36. The maximum absolute atomic E-state index is 11.1. The van der Waals surface area contributed by atoms with Crippen LogP contribution in [0.25, 0.3) is 11.1 Å². The zero-order valence-electron chi connectivity index (χ0n) is 16.7. The van der Waals surface area contributed by atoms with Crippen LogP contribution in [0.15, 0.2) is 67.0 Å². The number of nitrogens with zero attached hydrogens (tertiary/aromatic N) is 4. The maximum Gasteiger partial charge on any atom is 0.320 e. The summed E-state index contributed by atoms with van der Waals surface area (Å²) in [5, 5.41) is 9.06. The molecule has 7 heteroatoms. The number of hydrogen-bond donors (Lipinski definition) is 2. The molecule has 7 nitrogen and oxygen atoms in total. The zero-order valence-corrected chi connectivity index (χ0v) is 16.7. The smallest absolute Gasteiger partial charge is 0.320 e. The average Bonchev–Trinajstić information content (AvgIpc) is 2.80. The fourth-order valence-electron chi connectivity index (χ4n) is 3.72. The SMILES string of the molecule is NC(Cc1cccc(-c2cccc(N3CCN(c4ncccn4)CC3)c2)c1)C(=O)O. The maximum atomic E-state index is 11.1. The molecule has 1 aliphatic heterocycles. The molecule has 4 rings (SSSR count). The predicted molar refractivity (Wildman–Crippen MR) is 118 cm³/mol. The van der Waals surface area contributed by atoms with Crippen LogP contribution in [0, 0.1) is 0 Å². The van der Waals surface area contributed by atoms with Crippen molar-refractivity contribution in [3.05, 3.63) is 72.6 Å². The Bertz CT molecular complexity index is 1000. The third kappa shape index (κ3) is 4.58. The molecule has 0 aliphatic carbocycles. The lowest BCUT2D eigenvalue weighted by Gasteiger charge is -2.36. The molecule has 3 aromatic rings. The lowest BCUT2D eigenvalue weighted by Crippen LogP contribution is -2.47. The number of carboxylic acid groups (broad SMARTS) is 1. The molecule has 1 atom stereocenters. The summed E-state index contributed by atoms with van der Waals surface area (Å²) in [5.41, 5.74) is 9.95. The van der Waals surface area contributed by atoms with E-state index in [-0.39, 0.29) is 0 Å². The number of hydrogen-bond acceptors (Lipinski definition) is 6. The minimum Gasteiger partial charge on any atom is -0.480 e. The van der Waals surface area contributed by atoms with E-state index in [0.29, 0.717) is 6.42 Å². The van der Waals surface area contributed by atoms with Gasteiger partial charge in [0.2, 0.25) is 5.95 Å². The van der Waals surface area contributed by atoms with Crippen LogP contribution in [0.2, 0.25) is 0 Å². The monoisotopic (exact) mass is 403 g/mol. The van der Waals surface area contributed by atoms with Gasteiger partial charge in [0.25, 0.3) is 0 Å².